The van der Waals surface area contributed by atoms with Crippen molar-refractivity contribution < 1.29 is 90.6 Å². The van der Waals surface area contributed by atoms with Crippen molar-refractivity contribution in [2.24, 2.45) is 0 Å². The van der Waals surface area contributed by atoms with Crippen LogP contribution < -0.4 is 24.3 Å². The molecule has 0 saturated carbocycles. The number of aliphatic hydroxyl groups excluding tert-OH is 2. The summed E-state index contributed by atoms with van der Waals surface area (Å²) in [6.07, 6.45) is 6.91. The number of rotatable bonds is 29. The lowest BCUT2D eigenvalue weighted by Crippen LogP contribution is -2.49. The number of hydrogen-bond acceptors (Lipinski definition) is 20. The van der Waals surface area contributed by atoms with Crippen molar-refractivity contribution in [1.82, 2.24) is 25.3 Å². The first kappa shape index (κ1) is 98.7. The summed E-state index contributed by atoms with van der Waals surface area (Å²) in [5.74, 6) is -0.266. The number of ketones is 2. The second-order valence-electron chi connectivity index (χ2n) is 34.9. The maximum Gasteiger partial charge on any atom is 0.163 e. The number of benzene rings is 6. The molecule has 0 radical (unpaired) electrons. The number of aromatic nitrogens is 4. The third kappa shape index (κ3) is 25.2. The minimum Gasteiger partial charge on any atom is -0.493 e. The molecule has 4 aromatic heterocycles. The Labute approximate surface area is 757 Å². The molecule has 6 N–H and O–H groups in total. The van der Waals surface area contributed by atoms with E-state index in [1.807, 2.05) is 57.2 Å². The van der Waals surface area contributed by atoms with Gasteiger partial charge in [0.1, 0.15) is 53.3 Å². The first-order valence-corrected chi connectivity index (χ1v) is 44.0. The molecule has 0 aliphatic carbocycles. The number of halogens is 6. The van der Waals surface area contributed by atoms with Gasteiger partial charge in [-0.2, -0.15) is 0 Å². The highest BCUT2D eigenvalue weighted by atomic mass is 35.5. The van der Waals surface area contributed by atoms with Crippen LogP contribution in [-0.2, 0) is 57.5 Å². The van der Waals surface area contributed by atoms with Gasteiger partial charge >= 0.3 is 0 Å². The average molecular weight is 1800 g/mol. The molecule has 7 atom stereocenters. The third-order valence-electron chi connectivity index (χ3n) is 24.3. The third-order valence-corrected chi connectivity index (χ3v) is 24.9. The molecular formula is C102H117Cl2F4N5O15. The number of nitrogens with one attached hydrogen (secondary N) is 1. The van der Waals surface area contributed by atoms with E-state index in [4.69, 9.17) is 81.3 Å². The lowest BCUT2D eigenvalue weighted by atomic mass is 9.77. The van der Waals surface area contributed by atoms with Gasteiger partial charge in [-0.1, -0.05) is 57.5 Å². The molecule has 128 heavy (non-hydrogen) atoms. The van der Waals surface area contributed by atoms with E-state index in [1.54, 1.807) is 106 Å². The van der Waals surface area contributed by atoms with Crippen molar-refractivity contribution >= 4 is 40.3 Å². The number of carbonyl (C=O) groups is 2. The fourth-order valence-electron chi connectivity index (χ4n) is 15.7. The fourth-order valence-corrected chi connectivity index (χ4v) is 16.1. The van der Waals surface area contributed by atoms with Gasteiger partial charge in [0.05, 0.1) is 122 Å². The maximum atomic E-state index is 13.6. The molecule has 0 spiro atoms. The van der Waals surface area contributed by atoms with Crippen LogP contribution in [0.15, 0.2) is 176 Å². The van der Waals surface area contributed by atoms with E-state index < -0.39 is 34.0 Å². The SMILES string of the molecule is C=C(C)c1cc(C2(C)CCCOC2)cc(-c2ccc(F)c(Cl)c2)n1.CCC(C)(O)c1cc(C2(C)CCCOC2)cc(-c2ccc(F)c(Cl)c2)n1.COc1cc(C(=O)CCC(C)(O)c2cc(C3(C)CCCOC3)cc(-c3ccc(F)cc3)n2)ccc1OCCO.COc1cc(C(=O)CCC(C)(O)c2cc(C3(C)COCCN3)cc(-c3ccc(F)cc3)n2)ccc1OCCO. The molecule has 6 aromatic carbocycles. The zero-order chi connectivity index (χ0) is 92.4. The predicted molar refractivity (Wildman–Crippen MR) is 489 cm³/mol. The molecule has 26 heteroatoms. The topological polar surface area (TPSA) is 273 Å². The molecule has 4 aliphatic heterocycles. The molecule has 7 unspecified atom stereocenters. The lowest BCUT2D eigenvalue weighted by molar-refractivity contribution is 0.0312. The van der Waals surface area contributed by atoms with Crippen LogP contribution in [0.1, 0.15) is 199 Å². The number of pyridine rings is 4. The van der Waals surface area contributed by atoms with Crippen LogP contribution in [0.2, 0.25) is 10.0 Å². The van der Waals surface area contributed by atoms with Gasteiger partial charge in [-0.25, -0.2) is 37.5 Å². The van der Waals surface area contributed by atoms with Crippen molar-refractivity contribution in [3.8, 4) is 68.0 Å². The molecule has 0 bridgehead atoms. The normalized spacial score (nSPS) is 20.0. The summed E-state index contributed by atoms with van der Waals surface area (Å²) < 4.78 is 98.7. The Kier molecular flexibility index (Phi) is 33.7. The molecule has 682 valence electrons. The van der Waals surface area contributed by atoms with Gasteiger partial charge in [-0.05, 0) is 290 Å². The number of nitrogens with zero attached hydrogens (tertiary/aromatic N) is 4. The summed E-state index contributed by atoms with van der Waals surface area (Å²) in [6.45, 7) is 27.4. The van der Waals surface area contributed by atoms with Crippen molar-refractivity contribution in [3.63, 3.8) is 0 Å². The highest BCUT2D eigenvalue weighted by molar-refractivity contribution is 6.31. The number of morpholine rings is 1. The number of allylic oxidation sites excluding steroid dienone is 1. The van der Waals surface area contributed by atoms with E-state index in [0.29, 0.717) is 120 Å². The van der Waals surface area contributed by atoms with Crippen LogP contribution >= 0.6 is 23.2 Å². The smallest absolute Gasteiger partial charge is 0.163 e. The van der Waals surface area contributed by atoms with E-state index >= 15 is 0 Å². The second-order valence-corrected chi connectivity index (χ2v) is 35.7. The number of hydrogen-bond donors (Lipinski definition) is 6. The Morgan fingerprint density at radius 1 is 0.469 bits per heavy atom. The molecule has 8 heterocycles. The Morgan fingerprint density at radius 2 is 0.836 bits per heavy atom. The first-order valence-electron chi connectivity index (χ1n) is 43.3. The molecule has 4 aliphatic rings. The van der Waals surface area contributed by atoms with Crippen LogP contribution in [0.5, 0.6) is 23.0 Å². The molecular weight excluding hydrogens is 1680 g/mol. The minimum atomic E-state index is -1.43. The van der Waals surface area contributed by atoms with Gasteiger partial charge in [0, 0.05) is 88.8 Å². The van der Waals surface area contributed by atoms with Gasteiger partial charge in [0.15, 0.2) is 34.6 Å². The van der Waals surface area contributed by atoms with E-state index in [2.05, 4.69) is 54.8 Å². The van der Waals surface area contributed by atoms with E-state index in [0.717, 1.165) is 109 Å². The summed E-state index contributed by atoms with van der Waals surface area (Å²) >= 11 is 11.9. The van der Waals surface area contributed by atoms with Crippen LogP contribution in [0, 0.1) is 23.3 Å². The largest absolute Gasteiger partial charge is 0.493 e. The average Bonchev–Trinajstić information content (AvgIpc) is 0.780. The number of ether oxygens (including phenoxy) is 8. The Bertz CT molecular complexity index is 5280. The Hall–Kier alpha value is -9.90. The van der Waals surface area contributed by atoms with Crippen LogP contribution in [0.4, 0.5) is 17.6 Å². The summed E-state index contributed by atoms with van der Waals surface area (Å²) in [6, 6.07) is 46.9. The number of carbonyl (C=O) groups excluding carboxylic acids is 2. The number of aliphatic hydroxyl groups is 5. The van der Waals surface area contributed by atoms with Gasteiger partial charge in [-0.3, -0.25) is 9.59 Å². The molecule has 14 rings (SSSR count). The van der Waals surface area contributed by atoms with E-state index in [-0.39, 0.29) is 102 Å². The Morgan fingerprint density at radius 3 is 1.20 bits per heavy atom. The van der Waals surface area contributed by atoms with Crippen molar-refractivity contribution in [3.05, 3.63) is 266 Å². The lowest BCUT2D eigenvalue weighted by Gasteiger charge is -2.36. The molecule has 0 amide bonds. The van der Waals surface area contributed by atoms with Crippen molar-refractivity contribution in [2.45, 2.75) is 172 Å². The maximum absolute atomic E-state index is 13.6. The predicted octanol–water partition coefficient (Wildman–Crippen LogP) is 20.0. The van der Waals surface area contributed by atoms with Crippen molar-refractivity contribution in [1.29, 1.82) is 0 Å². The molecule has 4 saturated heterocycles. The zero-order valence-electron chi connectivity index (χ0n) is 74.7. The van der Waals surface area contributed by atoms with Gasteiger partial charge in [-0.15, -0.1) is 0 Å². The number of methoxy groups -OCH3 is 2. The quantitative estimate of drug-likeness (QED) is 0.0188. The van der Waals surface area contributed by atoms with Crippen LogP contribution in [-0.4, -0.2) is 157 Å². The zero-order valence-corrected chi connectivity index (χ0v) is 76.2. The fraction of sp³-hybridized carbons (Fsp3) is 0.412. The van der Waals surface area contributed by atoms with Gasteiger partial charge < -0.3 is 68.7 Å². The standard InChI is InChI=1S/C31H36FNO6.C30H35FN2O6.C21H25ClFNO2.C20H21ClFNO/c1-30(12-4-15-38-20-30)23-18-25(21-5-8-24(32)9-6-21)33-29(19-23)31(2,36)13-11-26(35)22-7-10-27(39-16-14-34)28(17-22)37-3;1-29(19-38-14-12-32-29)22-17-24(20-4-7-23(31)8-5-20)33-28(18-22)30(2,36)11-10-25(35)21-6-9-26(39-15-13-34)27(16-21)37-3;1-4-21(3,25)19-12-15(20(2)8-5-9-26-13-20)11-18(24-19)14-6-7-17(23)16(22)10-14;1-13(2)18-10-15(20(3)7-4-8-24-12-20)11-19(23-18)14-5-6-17(22)16(21)9-14/h5-10,17-19,34,36H,4,11-16,20H2,1-3H3;4-9,16-18,32,34,36H,10-15,19H2,1-3H3;6-7,10-12,25H,4-5,8-9,13H2,1-3H3;5-6,9-11H,1,4,7-8,12H2,2-3H3. The monoisotopic (exact) mass is 1800 g/mol. The van der Waals surface area contributed by atoms with Gasteiger partial charge in [0.2, 0.25) is 0 Å². The molecule has 10 aromatic rings. The molecule has 20 nitrogen and oxygen atoms in total. The van der Waals surface area contributed by atoms with E-state index in [9.17, 15) is 42.5 Å². The summed E-state index contributed by atoms with van der Waals surface area (Å²) in [5.41, 5.74) is 8.99. The summed E-state index contributed by atoms with van der Waals surface area (Å²) in [7, 11) is 2.96. The molecule has 4 fully saturated rings. The van der Waals surface area contributed by atoms with Gasteiger partial charge in [0.25, 0.3) is 0 Å². The summed E-state index contributed by atoms with van der Waals surface area (Å²) in [4.78, 5) is 45.0. The number of Topliss-reactive ketones (excluding diaryl/α,β-unsaturated/α-hetero) is 2. The van der Waals surface area contributed by atoms with Crippen LogP contribution in [0.25, 0.3) is 50.6 Å². The highest BCUT2D eigenvalue weighted by Crippen LogP contribution is 2.44. The van der Waals surface area contributed by atoms with E-state index in [1.165, 1.54) is 56.2 Å². The Balaban J connectivity index is 0.000000169. The second kappa shape index (κ2) is 43.7. The summed E-state index contributed by atoms with van der Waals surface area (Å²) in [5, 5.41) is 55.6. The van der Waals surface area contributed by atoms with Crippen LogP contribution in [0.3, 0.4) is 0 Å². The first-order chi connectivity index (χ1) is 60.9. The van der Waals surface area contributed by atoms with Crippen molar-refractivity contribution in [2.75, 3.05) is 100 Å². The minimum absolute atomic E-state index is 0.0516. The highest BCUT2D eigenvalue weighted by Gasteiger charge is 2.39.